The second kappa shape index (κ2) is 5.72. The van der Waals surface area contributed by atoms with Gasteiger partial charge in [0.1, 0.15) is 0 Å². The molecule has 5 heteroatoms. The second-order valence-corrected chi connectivity index (χ2v) is 3.85. The van der Waals surface area contributed by atoms with Crippen LogP contribution in [0.4, 0.5) is 4.79 Å². The molecule has 15 heavy (non-hydrogen) atoms. The molecule has 0 aliphatic carbocycles. The third-order valence-electron chi connectivity index (χ3n) is 1.82. The van der Waals surface area contributed by atoms with E-state index in [1.807, 2.05) is 20.8 Å². The molecule has 0 bridgehead atoms. The Morgan fingerprint density at radius 1 is 1.53 bits per heavy atom. The van der Waals surface area contributed by atoms with Gasteiger partial charge in [0.25, 0.3) is 6.29 Å². The van der Waals surface area contributed by atoms with Crippen molar-refractivity contribution < 1.29 is 24.4 Å². The lowest BCUT2D eigenvalue weighted by Crippen LogP contribution is -2.29. The summed E-state index contributed by atoms with van der Waals surface area (Å²) in [5, 5.41) is 8.42. The summed E-state index contributed by atoms with van der Waals surface area (Å²) < 4.78 is 4.42. The molecule has 0 aliphatic rings. The molecule has 0 radical (unpaired) electrons. The average molecular weight is 218 g/mol. The third kappa shape index (κ3) is 6.09. The first-order chi connectivity index (χ1) is 6.78. The monoisotopic (exact) mass is 218 g/mol. The Bertz CT molecular complexity index is 234. The van der Waals surface area contributed by atoms with Crippen molar-refractivity contribution in [2.75, 3.05) is 0 Å². The summed E-state index contributed by atoms with van der Waals surface area (Å²) in [7, 11) is 0. The highest BCUT2D eigenvalue weighted by atomic mass is 17.2. The molecule has 5 nitrogen and oxygen atoms in total. The summed E-state index contributed by atoms with van der Waals surface area (Å²) >= 11 is 0. The van der Waals surface area contributed by atoms with Gasteiger partial charge >= 0.3 is 6.16 Å². The topological polar surface area (TPSA) is 65.0 Å². The van der Waals surface area contributed by atoms with E-state index in [-0.39, 0.29) is 0 Å². The predicted molar refractivity (Wildman–Crippen MR) is 54.3 cm³/mol. The van der Waals surface area contributed by atoms with Crippen molar-refractivity contribution in [3.05, 3.63) is 12.2 Å². The van der Waals surface area contributed by atoms with Crippen LogP contribution in [0.15, 0.2) is 12.2 Å². The molecule has 0 spiro atoms. The highest BCUT2D eigenvalue weighted by Gasteiger charge is 2.22. The Hall–Kier alpha value is -1.07. The molecule has 1 unspecified atom stereocenters. The maximum absolute atomic E-state index is 10.3. The molecule has 0 amide bonds. The summed E-state index contributed by atoms with van der Waals surface area (Å²) in [5.41, 5.74) is -0.0699. The molecule has 1 atom stereocenters. The summed E-state index contributed by atoms with van der Waals surface area (Å²) in [6.45, 7) is 10.7. The number of hydrogen-bond donors (Lipinski definition) is 1. The molecule has 88 valence electrons. The van der Waals surface area contributed by atoms with Gasteiger partial charge in [0.2, 0.25) is 0 Å². The van der Waals surface area contributed by atoms with Crippen molar-refractivity contribution in [2.24, 2.45) is 0 Å². The average Bonchev–Trinajstić information content (AvgIpc) is 2.11. The van der Waals surface area contributed by atoms with E-state index >= 15 is 0 Å². The second-order valence-electron chi connectivity index (χ2n) is 3.85. The molecule has 0 saturated carbocycles. The Morgan fingerprint density at radius 3 is 2.40 bits per heavy atom. The van der Waals surface area contributed by atoms with E-state index in [9.17, 15) is 4.79 Å². The van der Waals surface area contributed by atoms with Gasteiger partial charge in [-0.15, -0.1) is 0 Å². The van der Waals surface area contributed by atoms with Crippen LogP contribution in [-0.4, -0.2) is 23.2 Å². The quantitative estimate of drug-likeness (QED) is 0.244. The van der Waals surface area contributed by atoms with E-state index in [1.54, 1.807) is 6.92 Å². The molecule has 0 aliphatic heterocycles. The van der Waals surface area contributed by atoms with Crippen LogP contribution in [0.1, 0.15) is 34.1 Å². The molecule has 0 rings (SSSR count). The number of hydrogen-bond acceptors (Lipinski definition) is 4. The lowest BCUT2D eigenvalue weighted by molar-refractivity contribution is -0.403. The van der Waals surface area contributed by atoms with Crippen LogP contribution in [0.5, 0.6) is 0 Å². The number of carbonyl (C=O) groups is 1. The highest BCUT2D eigenvalue weighted by molar-refractivity contribution is 5.57. The summed E-state index contributed by atoms with van der Waals surface area (Å²) in [4.78, 5) is 20.2. The highest BCUT2D eigenvalue weighted by Crippen LogP contribution is 2.17. The third-order valence-corrected chi connectivity index (χ3v) is 1.82. The minimum atomic E-state index is -1.43. The van der Waals surface area contributed by atoms with Gasteiger partial charge in [-0.1, -0.05) is 13.5 Å². The van der Waals surface area contributed by atoms with Crippen LogP contribution < -0.4 is 0 Å². The molecule has 0 fully saturated rings. The predicted octanol–water partition coefficient (Wildman–Crippen LogP) is 2.72. The lowest BCUT2D eigenvalue weighted by Gasteiger charge is -2.24. The fourth-order valence-corrected chi connectivity index (χ4v) is 0.527. The lowest BCUT2D eigenvalue weighted by atomic mass is 10.1. The fourth-order valence-electron chi connectivity index (χ4n) is 0.527. The van der Waals surface area contributed by atoms with Gasteiger partial charge in [-0.2, -0.15) is 4.89 Å². The normalized spacial score (nSPS) is 13.3. The maximum atomic E-state index is 10.3. The van der Waals surface area contributed by atoms with E-state index in [0.29, 0.717) is 5.57 Å². The van der Waals surface area contributed by atoms with E-state index in [0.717, 1.165) is 6.42 Å². The molecule has 0 aromatic carbocycles. The fraction of sp³-hybridized carbons (Fsp3) is 0.700. The first-order valence-corrected chi connectivity index (χ1v) is 4.68. The Labute approximate surface area is 89.6 Å². The van der Waals surface area contributed by atoms with Gasteiger partial charge in [0.15, 0.2) is 0 Å². The van der Waals surface area contributed by atoms with Crippen molar-refractivity contribution in [1.82, 2.24) is 0 Å². The zero-order valence-electron chi connectivity index (χ0n) is 9.57. The van der Waals surface area contributed by atoms with Crippen molar-refractivity contribution in [2.45, 2.75) is 46.0 Å². The Kier molecular flexibility index (Phi) is 5.32. The van der Waals surface area contributed by atoms with Crippen LogP contribution in [0.3, 0.4) is 0 Å². The zero-order valence-corrected chi connectivity index (χ0v) is 9.57. The first kappa shape index (κ1) is 13.9. The van der Waals surface area contributed by atoms with Crippen LogP contribution in [0.25, 0.3) is 0 Å². The molecule has 0 saturated heterocycles. The molecular formula is C10H18O5. The maximum Gasteiger partial charge on any atom is 0.508 e. The standard InChI is InChI=1S/C10H18O5/c1-6-10(4,5)15-14-8(7(2)3)13-9(11)12/h8H,2,6H2,1,3-5H3,(H,11,12). The van der Waals surface area contributed by atoms with E-state index in [2.05, 4.69) is 11.3 Å². The largest absolute Gasteiger partial charge is 0.508 e. The zero-order chi connectivity index (χ0) is 12.1. The van der Waals surface area contributed by atoms with Crippen LogP contribution in [0.2, 0.25) is 0 Å². The molecule has 0 aromatic heterocycles. The van der Waals surface area contributed by atoms with Crippen molar-refractivity contribution in [1.29, 1.82) is 0 Å². The van der Waals surface area contributed by atoms with E-state index < -0.39 is 18.0 Å². The molecule has 0 heterocycles. The molecule has 1 N–H and O–H groups in total. The Morgan fingerprint density at radius 2 is 2.07 bits per heavy atom. The van der Waals surface area contributed by atoms with Gasteiger partial charge in [-0.25, -0.2) is 9.68 Å². The number of carboxylic acid groups (broad SMARTS) is 1. The smallest absolute Gasteiger partial charge is 0.450 e. The summed E-state index contributed by atoms with van der Waals surface area (Å²) in [5.74, 6) is 0. The number of rotatable bonds is 6. The molecule has 0 aromatic rings. The SMILES string of the molecule is C=C(C)C(OOC(C)(C)CC)OC(=O)O. The van der Waals surface area contributed by atoms with Gasteiger partial charge < -0.3 is 9.84 Å². The summed E-state index contributed by atoms with van der Waals surface area (Å²) in [6, 6.07) is 0. The summed E-state index contributed by atoms with van der Waals surface area (Å²) in [6.07, 6.45) is -1.79. The van der Waals surface area contributed by atoms with Crippen LogP contribution in [-0.2, 0) is 14.5 Å². The van der Waals surface area contributed by atoms with E-state index in [1.165, 1.54) is 0 Å². The van der Waals surface area contributed by atoms with Crippen LogP contribution >= 0.6 is 0 Å². The molecular weight excluding hydrogens is 200 g/mol. The van der Waals surface area contributed by atoms with Gasteiger partial charge in [0.05, 0.1) is 5.60 Å². The minimum Gasteiger partial charge on any atom is -0.450 e. The van der Waals surface area contributed by atoms with Crippen molar-refractivity contribution in [3.8, 4) is 0 Å². The number of ether oxygens (including phenoxy) is 1. The first-order valence-electron chi connectivity index (χ1n) is 4.68. The van der Waals surface area contributed by atoms with Crippen molar-refractivity contribution in [3.63, 3.8) is 0 Å². The van der Waals surface area contributed by atoms with Crippen LogP contribution in [0, 0.1) is 0 Å². The van der Waals surface area contributed by atoms with Gasteiger partial charge in [0, 0.05) is 0 Å². The Balaban J connectivity index is 4.19. The van der Waals surface area contributed by atoms with Crippen molar-refractivity contribution >= 4 is 6.16 Å². The van der Waals surface area contributed by atoms with Gasteiger partial charge in [-0.3, -0.25) is 0 Å². The van der Waals surface area contributed by atoms with E-state index in [4.69, 9.17) is 14.9 Å². The minimum absolute atomic E-state index is 0.421. The van der Waals surface area contributed by atoms with Gasteiger partial charge in [-0.05, 0) is 32.8 Å².